The highest BCUT2D eigenvalue weighted by atomic mass is 16.6. The minimum Gasteiger partial charge on any atom is -0.469 e. The molecule has 0 radical (unpaired) electrons. The number of epoxide rings is 1. The lowest BCUT2D eigenvalue weighted by molar-refractivity contribution is -0.207. The molecule has 3 rings (SSSR count). The van der Waals surface area contributed by atoms with E-state index < -0.39 is 71.1 Å². The summed E-state index contributed by atoms with van der Waals surface area (Å²) in [7, 11) is 1.26. The summed E-state index contributed by atoms with van der Waals surface area (Å²) in [5.74, 6) is -4.31. The molecule has 36 heavy (non-hydrogen) atoms. The van der Waals surface area contributed by atoms with Gasteiger partial charge < -0.3 is 24.1 Å². The van der Waals surface area contributed by atoms with Gasteiger partial charge in [0.1, 0.15) is 18.3 Å². The van der Waals surface area contributed by atoms with Crippen LogP contribution in [0.4, 0.5) is 0 Å². The van der Waals surface area contributed by atoms with Gasteiger partial charge >= 0.3 is 17.9 Å². The third-order valence-electron chi connectivity index (χ3n) is 8.47. The number of rotatable bonds is 6. The summed E-state index contributed by atoms with van der Waals surface area (Å²) in [6.45, 7) is 10.2. The van der Waals surface area contributed by atoms with Crippen LogP contribution in [0.5, 0.6) is 0 Å². The van der Waals surface area contributed by atoms with Crippen LogP contribution in [-0.2, 0) is 38.1 Å². The fourth-order valence-electron chi connectivity index (χ4n) is 6.29. The van der Waals surface area contributed by atoms with Crippen molar-refractivity contribution in [1.29, 1.82) is 0 Å². The molecule has 0 amide bonds. The van der Waals surface area contributed by atoms with E-state index in [1.54, 1.807) is 20.8 Å². The van der Waals surface area contributed by atoms with Crippen LogP contribution < -0.4 is 0 Å². The molecule has 202 valence electrons. The topological polar surface area (TPSA) is 129 Å². The Balaban J connectivity index is 2.22. The van der Waals surface area contributed by atoms with Crippen LogP contribution in [0.15, 0.2) is 11.6 Å². The highest BCUT2D eigenvalue weighted by Gasteiger charge is 2.72. The zero-order valence-electron chi connectivity index (χ0n) is 22.4. The van der Waals surface area contributed by atoms with Gasteiger partial charge in [-0.05, 0) is 39.0 Å². The average molecular weight is 509 g/mol. The highest BCUT2D eigenvalue weighted by Crippen LogP contribution is 2.57. The molecule has 1 saturated carbocycles. The third-order valence-corrected chi connectivity index (χ3v) is 8.47. The van der Waals surface area contributed by atoms with Gasteiger partial charge in [0.2, 0.25) is 0 Å². The van der Waals surface area contributed by atoms with Crippen LogP contribution in [0, 0.1) is 23.2 Å². The van der Waals surface area contributed by atoms with E-state index in [4.69, 9.17) is 18.9 Å². The van der Waals surface area contributed by atoms with E-state index in [1.165, 1.54) is 14.0 Å². The van der Waals surface area contributed by atoms with Crippen LogP contribution in [0.3, 0.4) is 0 Å². The Hall–Kier alpha value is -2.26. The Bertz CT molecular complexity index is 926. The number of esters is 3. The molecular weight excluding hydrogens is 468 g/mol. The minimum atomic E-state index is -1.48. The minimum absolute atomic E-state index is 0.0987. The SMILES string of the molecule is CCCC(=O)O[C@H]1CC/C(C)=C\[C@@H]2O[C@@]2([C@H](C)C(=O)OC)C(=O)[C@@H]2[C@@H](C)[C@@H](O)C[C@@H](OC(C)=O)[C@@]12C. The first kappa shape index (κ1) is 28.3. The fourth-order valence-corrected chi connectivity index (χ4v) is 6.29. The number of carbonyl (C=O) groups excluding carboxylic acids is 4. The molecule has 0 aromatic carbocycles. The van der Waals surface area contributed by atoms with Crippen LogP contribution in [0.2, 0.25) is 0 Å². The summed E-state index contributed by atoms with van der Waals surface area (Å²) in [5, 5.41) is 11.0. The average Bonchev–Trinajstić information content (AvgIpc) is 3.53. The van der Waals surface area contributed by atoms with Crippen LogP contribution in [-0.4, -0.2) is 65.9 Å². The predicted octanol–water partition coefficient (Wildman–Crippen LogP) is 2.91. The maximum Gasteiger partial charge on any atom is 0.311 e. The Morgan fingerprint density at radius 3 is 2.50 bits per heavy atom. The van der Waals surface area contributed by atoms with E-state index in [1.807, 2.05) is 19.9 Å². The van der Waals surface area contributed by atoms with E-state index in [9.17, 15) is 24.3 Å². The molecule has 0 aromatic rings. The largest absolute Gasteiger partial charge is 0.469 e. The van der Waals surface area contributed by atoms with Gasteiger partial charge in [-0.1, -0.05) is 32.4 Å². The summed E-state index contributed by atoms with van der Waals surface area (Å²) >= 11 is 0. The molecule has 2 aliphatic carbocycles. The van der Waals surface area contributed by atoms with Crippen molar-refractivity contribution in [3.63, 3.8) is 0 Å². The fraction of sp³-hybridized carbons (Fsp3) is 0.778. The van der Waals surface area contributed by atoms with Crippen molar-refractivity contribution in [3.8, 4) is 0 Å². The second-order valence-electron chi connectivity index (χ2n) is 10.8. The molecule has 3 aliphatic rings. The molecule has 9 nitrogen and oxygen atoms in total. The van der Waals surface area contributed by atoms with E-state index in [2.05, 4.69) is 0 Å². The van der Waals surface area contributed by atoms with Crippen LogP contribution in [0.25, 0.3) is 0 Å². The number of aliphatic hydroxyl groups excluding tert-OH is 1. The maximum atomic E-state index is 14.5. The molecule has 2 fully saturated rings. The van der Waals surface area contributed by atoms with Crippen molar-refractivity contribution < 1.29 is 43.2 Å². The second kappa shape index (κ2) is 10.6. The number of Topliss-reactive ketones (excluding diaryl/α,β-unsaturated/α-hetero) is 1. The van der Waals surface area contributed by atoms with Gasteiger partial charge in [-0.25, -0.2) is 0 Å². The second-order valence-corrected chi connectivity index (χ2v) is 10.8. The smallest absolute Gasteiger partial charge is 0.311 e. The lowest BCUT2D eigenvalue weighted by atomic mass is 9.54. The summed E-state index contributed by atoms with van der Waals surface area (Å²) in [4.78, 5) is 52.0. The first-order valence-corrected chi connectivity index (χ1v) is 12.9. The number of ketones is 1. The van der Waals surface area contributed by atoms with E-state index in [0.29, 0.717) is 19.3 Å². The number of ether oxygens (including phenoxy) is 4. The Kier molecular flexibility index (Phi) is 8.35. The monoisotopic (exact) mass is 508 g/mol. The molecule has 9 atom stereocenters. The summed E-state index contributed by atoms with van der Waals surface area (Å²) in [6.07, 6.45) is 0.478. The molecular formula is C27H40O9. The van der Waals surface area contributed by atoms with Crippen molar-refractivity contribution in [2.45, 2.75) is 104 Å². The van der Waals surface area contributed by atoms with Gasteiger partial charge in [0.05, 0.1) is 24.5 Å². The zero-order chi connectivity index (χ0) is 27.0. The van der Waals surface area contributed by atoms with Crippen LogP contribution >= 0.6 is 0 Å². The molecule has 0 unspecified atom stereocenters. The maximum absolute atomic E-state index is 14.5. The lowest BCUT2D eigenvalue weighted by Crippen LogP contribution is -2.64. The lowest BCUT2D eigenvalue weighted by Gasteiger charge is -2.54. The van der Waals surface area contributed by atoms with Crippen molar-refractivity contribution in [2.24, 2.45) is 23.2 Å². The van der Waals surface area contributed by atoms with Crippen LogP contribution in [0.1, 0.15) is 73.6 Å². The Morgan fingerprint density at radius 1 is 1.25 bits per heavy atom. The molecule has 1 saturated heterocycles. The quantitative estimate of drug-likeness (QED) is 0.249. The summed E-state index contributed by atoms with van der Waals surface area (Å²) in [5.41, 5.74) is -1.72. The van der Waals surface area contributed by atoms with Gasteiger partial charge in [0.15, 0.2) is 11.4 Å². The van der Waals surface area contributed by atoms with Gasteiger partial charge in [0.25, 0.3) is 0 Å². The molecule has 0 bridgehead atoms. The van der Waals surface area contributed by atoms with Gasteiger partial charge in [-0.3, -0.25) is 19.2 Å². The van der Waals surface area contributed by atoms with Gasteiger partial charge in [0, 0.05) is 25.7 Å². The molecule has 1 N–H and O–H groups in total. The van der Waals surface area contributed by atoms with Gasteiger partial charge in [-0.2, -0.15) is 0 Å². The number of hydrogen-bond donors (Lipinski definition) is 1. The normalized spacial score (nSPS) is 40.4. The summed E-state index contributed by atoms with van der Waals surface area (Å²) < 4.78 is 22.7. The number of carbonyl (C=O) groups is 4. The Morgan fingerprint density at radius 2 is 1.92 bits per heavy atom. The zero-order valence-corrected chi connectivity index (χ0v) is 22.4. The number of methoxy groups -OCH3 is 1. The van der Waals surface area contributed by atoms with Crippen molar-refractivity contribution in [2.75, 3.05) is 7.11 Å². The van der Waals surface area contributed by atoms with Crippen molar-refractivity contribution >= 4 is 23.7 Å². The standard InChI is InChI=1S/C27H40O9/c1-8-9-22(30)35-19-11-10-14(2)12-21-27(36-21,16(4)25(32)33-7)24(31)23-15(3)18(29)13-20(26(19,23)6)34-17(5)28/h12,15-16,18-21,23,29H,8-11,13H2,1-7H3/b14-12-/t15-,16+,18-,19-,20+,21-,23-,26+,27+/m0/s1. The molecule has 1 aliphatic heterocycles. The third kappa shape index (κ3) is 4.84. The van der Waals surface area contributed by atoms with E-state index >= 15 is 0 Å². The van der Waals surface area contributed by atoms with E-state index in [0.717, 1.165) is 5.57 Å². The van der Waals surface area contributed by atoms with E-state index in [-0.39, 0.29) is 18.6 Å². The predicted molar refractivity (Wildman–Crippen MR) is 129 cm³/mol. The molecule has 0 aromatic heterocycles. The first-order chi connectivity index (χ1) is 16.8. The highest BCUT2D eigenvalue weighted by molar-refractivity contribution is 5.98. The molecule has 1 heterocycles. The molecule has 0 spiro atoms. The number of hydrogen-bond acceptors (Lipinski definition) is 9. The summed E-state index contributed by atoms with van der Waals surface area (Å²) in [6, 6.07) is 0. The van der Waals surface area contributed by atoms with Crippen molar-refractivity contribution in [3.05, 3.63) is 11.6 Å². The molecule has 9 heteroatoms. The number of allylic oxidation sites excluding steroid dienone is 1. The first-order valence-electron chi connectivity index (χ1n) is 12.9. The van der Waals surface area contributed by atoms with Gasteiger partial charge in [-0.15, -0.1) is 0 Å². The number of aliphatic hydroxyl groups is 1. The number of fused-ring (bicyclic) bond motifs is 2. The van der Waals surface area contributed by atoms with Crippen molar-refractivity contribution in [1.82, 2.24) is 0 Å². The Labute approximate surface area is 212 Å².